The van der Waals surface area contributed by atoms with Crippen LogP contribution in [-0.2, 0) is 4.74 Å². The Kier molecular flexibility index (Phi) is 20.7. The topological polar surface area (TPSA) is 91.1 Å². The zero-order valence-corrected chi connectivity index (χ0v) is 16.2. The monoisotopic (exact) mass is 326 g/mol. The summed E-state index contributed by atoms with van der Waals surface area (Å²) < 4.78 is 4.71. The summed E-state index contributed by atoms with van der Waals surface area (Å²) >= 11 is 0. The zero-order valence-electron chi connectivity index (χ0n) is 16.2. The first-order valence-corrected chi connectivity index (χ1v) is 7.86. The van der Waals surface area contributed by atoms with E-state index in [1.54, 1.807) is 27.9 Å². The van der Waals surface area contributed by atoms with E-state index >= 15 is 0 Å². The van der Waals surface area contributed by atoms with Crippen molar-refractivity contribution in [2.24, 2.45) is 5.84 Å². The van der Waals surface area contributed by atoms with Gasteiger partial charge in [-0.2, -0.15) is 0 Å². The third kappa shape index (κ3) is 60.1. The summed E-state index contributed by atoms with van der Waals surface area (Å²) in [7, 11) is 11.6. The van der Waals surface area contributed by atoms with Crippen LogP contribution in [0.4, 0.5) is 0 Å². The van der Waals surface area contributed by atoms with Crippen molar-refractivity contribution in [3.63, 3.8) is 0 Å². The SMILES string of the molecule is CN(C)N.C[C@H](O)C[NH+](C)C.C[C@H](O)C[NH+](C)C.C[C@H]1CO1. The van der Waals surface area contributed by atoms with E-state index in [9.17, 15) is 0 Å². The summed E-state index contributed by atoms with van der Waals surface area (Å²) in [6.07, 6.45) is 0.259. The van der Waals surface area contributed by atoms with Crippen LogP contribution in [0.3, 0.4) is 0 Å². The Hall–Kier alpha value is -0.280. The molecule has 0 bridgehead atoms. The quantitative estimate of drug-likeness (QED) is 0.214. The molecule has 0 aromatic heterocycles. The number of nitrogens with two attached hydrogens (primary N) is 1. The number of likely N-dealkylation sites (N-methyl/N-ethyl adjacent to an activating group) is 2. The van der Waals surface area contributed by atoms with Crippen molar-refractivity contribution in [3.8, 4) is 0 Å². The largest absolute Gasteiger partial charge is 0.388 e. The van der Waals surface area contributed by atoms with Crippen molar-refractivity contribution >= 4 is 0 Å². The van der Waals surface area contributed by atoms with Crippen molar-refractivity contribution in [2.45, 2.75) is 39.1 Å². The number of hydrogen-bond acceptors (Lipinski definition) is 5. The predicted molar refractivity (Wildman–Crippen MR) is 92.0 cm³/mol. The van der Waals surface area contributed by atoms with Crippen LogP contribution >= 0.6 is 0 Å². The van der Waals surface area contributed by atoms with E-state index in [1.165, 1.54) is 14.8 Å². The molecule has 0 radical (unpaired) electrons. The number of epoxide rings is 1. The Bertz CT molecular complexity index is 180. The van der Waals surface area contributed by atoms with Crippen LogP contribution in [0, 0.1) is 0 Å². The molecule has 1 aliphatic rings. The molecule has 1 rings (SSSR count). The van der Waals surface area contributed by atoms with Gasteiger partial charge in [-0.05, 0) is 20.8 Å². The standard InChI is InChI=1S/2C5H13NO.C3H6O.C2H8N2/c2*1-5(7)4-6(2)3;1-3-2-4-3;1-4(2)3/h2*5,7H,4H2,1-3H3;3H,2H2,1H3;3H2,1-2H3/p+2/t2*5-;3-;/m000./s1. The van der Waals surface area contributed by atoms with Crippen molar-refractivity contribution < 1.29 is 24.7 Å². The molecule has 3 atom stereocenters. The fourth-order valence-electron chi connectivity index (χ4n) is 1.28. The van der Waals surface area contributed by atoms with E-state index in [0.717, 1.165) is 19.7 Å². The van der Waals surface area contributed by atoms with Gasteiger partial charge in [0.1, 0.15) is 25.3 Å². The number of rotatable bonds is 4. The first-order chi connectivity index (χ1) is 9.88. The highest BCUT2D eigenvalue weighted by molar-refractivity contribution is 4.58. The Labute approximate surface area is 137 Å². The predicted octanol–water partition coefficient (Wildman–Crippen LogP) is -3.15. The van der Waals surface area contributed by atoms with Crippen LogP contribution in [0.1, 0.15) is 20.8 Å². The maximum Gasteiger partial charge on any atom is 0.103 e. The number of nitrogens with zero attached hydrogens (tertiary/aromatic N) is 1. The molecular weight excluding hydrogens is 284 g/mol. The van der Waals surface area contributed by atoms with Gasteiger partial charge in [0.05, 0.1) is 40.9 Å². The molecule has 6 N–H and O–H groups in total. The molecule has 1 saturated heterocycles. The third-order valence-corrected chi connectivity index (χ3v) is 1.91. The lowest BCUT2D eigenvalue weighted by molar-refractivity contribution is -0.861. The number of hydrogen-bond donors (Lipinski definition) is 5. The lowest BCUT2D eigenvalue weighted by Crippen LogP contribution is -3.06. The average Bonchev–Trinajstić information content (AvgIpc) is 2.96. The van der Waals surface area contributed by atoms with Gasteiger partial charge in [-0.1, -0.05) is 0 Å². The fraction of sp³-hybridized carbons (Fsp3) is 1.00. The minimum atomic E-state index is -0.162. The van der Waals surface area contributed by atoms with Crippen molar-refractivity contribution in [1.29, 1.82) is 0 Å². The van der Waals surface area contributed by atoms with Crippen molar-refractivity contribution in [2.75, 3.05) is 62.0 Å². The molecular formula is C15H42N4O3+2. The summed E-state index contributed by atoms with van der Waals surface area (Å²) in [4.78, 5) is 2.57. The van der Waals surface area contributed by atoms with Gasteiger partial charge in [0.25, 0.3) is 0 Å². The molecule has 0 unspecified atom stereocenters. The smallest absolute Gasteiger partial charge is 0.103 e. The molecule has 1 heterocycles. The van der Waals surface area contributed by atoms with Gasteiger partial charge in [0, 0.05) is 14.1 Å². The van der Waals surface area contributed by atoms with Crippen molar-refractivity contribution in [1.82, 2.24) is 5.01 Å². The number of ether oxygens (including phenoxy) is 1. The number of aliphatic hydroxyl groups excluding tert-OH is 2. The van der Waals surface area contributed by atoms with Crippen LogP contribution in [0.2, 0.25) is 0 Å². The van der Waals surface area contributed by atoms with Crippen LogP contribution in [-0.4, -0.2) is 95.5 Å². The van der Waals surface area contributed by atoms with Gasteiger partial charge in [0.15, 0.2) is 0 Å². The highest BCUT2D eigenvalue weighted by Gasteiger charge is 2.13. The summed E-state index contributed by atoms with van der Waals surface area (Å²) in [6.45, 7) is 8.31. The molecule has 1 aliphatic heterocycles. The molecule has 0 saturated carbocycles. The number of quaternary nitrogens is 2. The van der Waals surface area contributed by atoms with E-state index < -0.39 is 0 Å². The van der Waals surface area contributed by atoms with E-state index in [2.05, 4.69) is 6.92 Å². The van der Waals surface area contributed by atoms with Crippen molar-refractivity contribution in [3.05, 3.63) is 0 Å². The fourth-order valence-corrected chi connectivity index (χ4v) is 1.28. The zero-order chi connectivity index (χ0) is 18.3. The highest BCUT2D eigenvalue weighted by atomic mass is 16.6. The minimum Gasteiger partial charge on any atom is -0.388 e. The number of aliphatic hydroxyl groups is 2. The molecule has 7 nitrogen and oxygen atoms in total. The summed E-state index contributed by atoms with van der Waals surface area (Å²) in [5.74, 6) is 4.94. The Morgan fingerprint density at radius 2 is 1.23 bits per heavy atom. The summed E-state index contributed by atoms with van der Waals surface area (Å²) in [6, 6.07) is 0. The molecule has 7 heteroatoms. The number of nitrogens with one attached hydrogen (secondary N) is 2. The molecule has 138 valence electrons. The van der Waals surface area contributed by atoms with Gasteiger partial charge in [-0.15, -0.1) is 0 Å². The van der Waals surface area contributed by atoms with E-state index in [-0.39, 0.29) is 12.2 Å². The third-order valence-electron chi connectivity index (χ3n) is 1.91. The normalized spacial score (nSPS) is 18.4. The highest BCUT2D eigenvalue weighted by Crippen LogP contribution is 2.04. The molecule has 1 fully saturated rings. The van der Waals surface area contributed by atoms with E-state index in [1.807, 2.05) is 28.2 Å². The Morgan fingerprint density at radius 3 is 1.23 bits per heavy atom. The second kappa shape index (κ2) is 17.1. The first kappa shape index (κ1) is 26.6. The first-order valence-electron chi connectivity index (χ1n) is 7.86. The Morgan fingerprint density at radius 1 is 1.05 bits per heavy atom. The van der Waals surface area contributed by atoms with Crippen LogP contribution in [0.15, 0.2) is 0 Å². The summed E-state index contributed by atoms with van der Waals surface area (Å²) in [5, 5.41) is 18.9. The minimum absolute atomic E-state index is 0.162. The van der Waals surface area contributed by atoms with Gasteiger partial charge in [-0.25, -0.2) is 0 Å². The maximum absolute atomic E-state index is 8.70. The van der Waals surface area contributed by atoms with Gasteiger partial charge in [0.2, 0.25) is 0 Å². The summed E-state index contributed by atoms with van der Waals surface area (Å²) in [5.41, 5.74) is 0. The van der Waals surface area contributed by atoms with Crippen LogP contribution < -0.4 is 15.6 Å². The maximum atomic E-state index is 8.70. The van der Waals surface area contributed by atoms with Gasteiger partial charge < -0.3 is 24.7 Å². The van der Waals surface area contributed by atoms with Crippen LogP contribution in [0.25, 0.3) is 0 Å². The average molecular weight is 327 g/mol. The van der Waals surface area contributed by atoms with Crippen LogP contribution in [0.5, 0.6) is 0 Å². The molecule has 0 aromatic rings. The molecule has 0 amide bonds. The lowest BCUT2D eigenvalue weighted by Gasteiger charge is -2.07. The lowest BCUT2D eigenvalue weighted by atomic mass is 10.4. The van der Waals surface area contributed by atoms with E-state index in [4.69, 9.17) is 20.8 Å². The Balaban J connectivity index is -0.000000226. The molecule has 0 aliphatic carbocycles. The molecule has 22 heavy (non-hydrogen) atoms. The molecule has 0 spiro atoms. The van der Waals surface area contributed by atoms with Gasteiger partial charge >= 0.3 is 0 Å². The second-order valence-electron chi connectivity index (χ2n) is 6.63. The van der Waals surface area contributed by atoms with Gasteiger partial charge in [-0.3, -0.25) is 10.9 Å². The second-order valence-corrected chi connectivity index (χ2v) is 6.63. The number of hydrazine groups is 1. The molecule has 0 aromatic carbocycles. The van der Waals surface area contributed by atoms with E-state index in [0.29, 0.717) is 6.10 Å².